The van der Waals surface area contributed by atoms with E-state index in [0.29, 0.717) is 0 Å². The average Bonchev–Trinajstić information content (AvgIpc) is 2.17. The largest absolute Gasteiger partial charge is 0.371 e. The molecule has 0 atom stereocenters. The number of anilines is 1. The zero-order chi connectivity index (χ0) is 9.54. The second-order valence-electron chi connectivity index (χ2n) is 4.59. The maximum Gasteiger partial charge on any atom is 0.0377 e. The predicted molar refractivity (Wildman–Crippen MR) is 62.6 cm³/mol. The number of nitrogens with zero attached hydrogens (tertiary/aromatic N) is 1. The Bertz CT molecular complexity index is 334. The number of benzene rings is 1. The van der Waals surface area contributed by atoms with E-state index in [0.717, 1.165) is 11.8 Å². The first-order valence-electron chi connectivity index (χ1n) is 5.32. The van der Waals surface area contributed by atoms with E-state index >= 15 is 0 Å². The molecule has 3 fully saturated rings. The fraction of sp³-hybridized carbons (Fsp3) is 0.500. The van der Waals surface area contributed by atoms with E-state index in [1.165, 1.54) is 36.1 Å². The first-order valence-corrected chi connectivity index (χ1v) is 6.11. The van der Waals surface area contributed by atoms with Crippen LogP contribution in [0.5, 0.6) is 0 Å². The van der Waals surface area contributed by atoms with Crippen molar-refractivity contribution in [2.45, 2.75) is 12.8 Å². The van der Waals surface area contributed by atoms with E-state index in [2.05, 4.69) is 45.1 Å². The van der Waals surface area contributed by atoms with E-state index in [1.807, 2.05) is 0 Å². The van der Waals surface area contributed by atoms with Gasteiger partial charge in [0, 0.05) is 23.2 Å². The van der Waals surface area contributed by atoms with E-state index < -0.39 is 0 Å². The van der Waals surface area contributed by atoms with Crippen molar-refractivity contribution in [2.75, 3.05) is 18.0 Å². The zero-order valence-corrected chi connectivity index (χ0v) is 9.70. The fourth-order valence-electron chi connectivity index (χ4n) is 2.75. The van der Waals surface area contributed by atoms with Gasteiger partial charge in [0.05, 0.1) is 0 Å². The molecule has 1 aromatic carbocycles. The number of hydrogen-bond acceptors (Lipinski definition) is 1. The quantitative estimate of drug-likeness (QED) is 0.741. The van der Waals surface area contributed by atoms with Gasteiger partial charge in [-0.25, -0.2) is 0 Å². The van der Waals surface area contributed by atoms with Gasteiger partial charge in [-0.15, -0.1) is 0 Å². The predicted octanol–water partition coefficient (Wildman–Crippen LogP) is 3.30. The van der Waals surface area contributed by atoms with Crippen molar-refractivity contribution in [3.05, 3.63) is 28.7 Å². The molecule has 0 aromatic heterocycles. The minimum atomic E-state index is 0.979. The summed E-state index contributed by atoms with van der Waals surface area (Å²) in [7, 11) is 0. The smallest absolute Gasteiger partial charge is 0.0377 e. The lowest BCUT2D eigenvalue weighted by Gasteiger charge is -2.48. The Balaban J connectivity index is 1.82. The van der Waals surface area contributed by atoms with Crippen LogP contribution in [0.4, 0.5) is 5.69 Å². The minimum Gasteiger partial charge on any atom is -0.371 e. The summed E-state index contributed by atoms with van der Waals surface area (Å²) in [6.07, 6.45) is 2.95. The molecule has 2 aliphatic heterocycles. The van der Waals surface area contributed by atoms with Crippen molar-refractivity contribution in [1.82, 2.24) is 0 Å². The Kier molecular flexibility index (Phi) is 2.05. The number of halogens is 1. The minimum absolute atomic E-state index is 0.979. The van der Waals surface area contributed by atoms with Crippen molar-refractivity contribution < 1.29 is 0 Å². The molecule has 3 aliphatic rings. The number of piperidine rings is 2. The highest BCUT2D eigenvalue weighted by molar-refractivity contribution is 9.10. The van der Waals surface area contributed by atoms with Crippen LogP contribution in [0.1, 0.15) is 12.8 Å². The van der Waals surface area contributed by atoms with Crippen LogP contribution in [0.25, 0.3) is 0 Å². The highest BCUT2D eigenvalue weighted by Gasteiger charge is 2.36. The lowest BCUT2D eigenvalue weighted by molar-refractivity contribution is 0.159. The van der Waals surface area contributed by atoms with Gasteiger partial charge < -0.3 is 4.90 Å². The standard InChI is InChI=1S/C12H14BrN/c13-11-2-1-3-12(6-11)14-7-9-4-10(5-9)8-14/h1-3,6,9-10H,4-5,7-8H2. The molecule has 0 radical (unpaired) electrons. The van der Waals surface area contributed by atoms with Gasteiger partial charge in [0.25, 0.3) is 0 Å². The molecule has 0 spiro atoms. The first-order chi connectivity index (χ1) is 6.81. The molecule has 2 heteroatoms. The molecule has 1 saturated carbocycles. The zero-order valence-electron chi connectivity index (χ0n) is 8.12. The van der Waals surface area contributed by atoms with Crippen molar-refractivity contribution in [1.29, 1.82) is 0 Å². The van der Waals surface area contributed by atoms with Crippen molar-refractivity contribution >= 4 is 21.6 Å². The van der Waals surface area contributed by atoms with E-state index in [4.69, 9.17) is 0 Å². The molecule has 0 amide bonds. The maximum atomic E-state index is 3.53. The second-order valence-corrected chi connectivity index (χ2v) is 5.50. The van der Waals surface area contributed by atoms with Gasteiger partial charge in [-0.3, -0.25) is 0 Å². The molecule has 2 saturated heterocycles. The van der Waals surface area contributed by atoms with Gasteiger partial charge in [-0.05, 0) is 42.9 Å². The summed E-state index contributed by atoms with van der Waals surface area (Å²) in [4.78, 5) is 2.53. The van der Waals surface area contributed by atoms with Crippen molar-refractivity contribution in [3.63, 3.8) is 0 Å². The summed E-state index contributed by atoms with van der Waals surface area (Å²) in [6.45, 7) is 2.54. The third-order valence-corrected chi connectivity index (χ3v) is 3.96. The normalized spacial score (nSPS) is 29.9. The van der Waals surface area contributed by atoms with Gasteiger partial charge >= 0.3 is 0 Å². The van der Waals surface area contributed by atoms with E-state index in [-0.39, 0.29) is 0 Å². The summed E-state index contributed by atoms with van der Waals surface area (Å²) >= 11 is 3.53. The van der Waals surface area contributed by atoms with Gasteiger partial charge in [-0.2, -0.15) is 0 Å². The molecule has 14 heavy (non-hydrogen) atoms. The number of rotatable bonds is 1. The lowest BCUT2D eigenvalue weighted by Crippen LogP contribution is -2.48. The summed E-state index contributed by atoms with van der Waals surface area (Å²) in [5.41, 5.74) is 1.38. The Labute approximate surface area is 93.2 Å². The molecule has 2 heterocycles. The summed E-state index contributed by atoms with van der Waals surface area (Å²) in [5, 5.41) is 0. The highest BCUT2D eigenvalue weighted by Crippen LogP contribution is 2.41. The molecule has 0 N–H and O–H groups in total. The molecule has 1 aromatic rings. The van der Waals surface area contributed by atoms with Crippen LogP contribution in [0.15, 0.2) is 28.7 Å². The Morgan fingerprint density at radius 3 is 2.50 bits per heavy atom. The van der Waals surface area contributed by atoms with Gasteiger partial charge in [0.15, 0.2) is 0 Å². The molecule has 1 nitrogen and oxygen atoms in total. The van der Waals surface area contributed by atoms with E-state index in [9.17, 15) is 0 Å². The summed E-state index contributed by atoms with van der Waals surface area (Å²) in [6, 6.07) is 8.66. The lowest BCUT2D eigenvalue weighted by atomic mass is 9.71. The molecular formula is C12H14BrN. The van der Waals surface area contributed by atoms with Crippen molar-refractivity contribution in [3.8, 4) is 0 Å². The third-order valence-electron chi connectivity index (χ3n) is 3.46. The second kappa shape index (κ2) is 3.27. The molecule has 74 valence electrons. The molecule has 4 rings (SSSR count). The fourth-order valence-corrected chi connectivity index (χ4v) is 3.14. The monoisotopic (exact) mass is 251 g/mol. The SMILES string of the molecule is Brc1cccc(N2CC3CC(C3)C2)c1. The molecule has 1 aliphatic carbocycles. The summed E-state index contributed by atoms with van der Waals surface area (Å²) in [5.74, 6) is 1.96. The summed E-state index contributed by atoms with van der Waals surface area (Å²) < 4.78 is 1.19. The average molecular weight is 252 g/mol. The van der Waals surface area contributed by atoms with Crippen LogP contribution >= 0.6 is 15.9 Å². The van der Waals surface area contributed by atoms with Crippen LogP contribution in [-0.4, -0.2) is 13.1 Å². The van der Waals surface area contributed by atoms with Crippen LogP contribution in [0.2, 0.25) is 0 Å². The van der Waals surface area contributed by atoms with Gasteiger partial charge in [0.1, 0.15) is 0 Å². The molecule has 0 unspecified atom stereocenters. The van der Waals surface area contributed by atoms with Crippen LogP contribution < -0.4 is 4.90 Å². The molecular weight excluding hydrogens is 238 g/mol. The Hall–Kier alpha value is -0.500. The Morgan fingerprint density at radius 2 is 1.86 bits per heavy atom. The van der Waals surface area contributed by atoms with Gasteiger partial charge in [-0.1, -0.05) is 22.0 Å². The molecule has 2 bridgehead atoms. The number of hydrogen-bond donors (Lipinski definition) is 0. The third kappa shape index (κ3) is 1.46. The van der Waals surface area contributed by atoms with Crippen LogP contribution in [0, 0.1) is 11.8 Å². The highest BCUT2D eigenvalue weighted by atomic mass is 79.9. The first kappa shape index (κ1) is 8.78. The van der Waals surface area contributed by atoms with Crippen LogP contribution in [-0.2, 0) is 0 Å². The van der Waals surface area contributed by atoms with Crippen molar-refractivity contribution in [2.24, 2.45) is 11.8 Å². The maximum absolute atomic E-state index is 3.53. The van der Waals surface area contributed by atoms with E-state index in [1.54, 1.807) is 0 Å². The van der Waals surface area contributed by atoms with Gasteiger partial charge in [0.2, 0.25) is 0 Å². The topological polar surface area (TPSA) is 3.24 Å². The Morgan fingerprint density at radius 1 is 1.14 bits per heavy atom. The van der Waals surface area contributed by atoms with Crippen LogP contribution in [0.3, 0.4) is 0 Å². The number of fused-ring (bicyclic) bond motifs is 2.